The van der Waals surface area contributed by atoms with Gasteiger partial charge in [-0.05, 0) is 17.7 Å². The van der Waals surface area contributed by atoms with E-state index in [0.29, 0.717) is 5.56 Å². The molecule has 0 unspecified atom stereocenters. The van der Waals surface area contributed by atoms with Crippen LogP contribution in [-0.2, 0) is 6.54 Å². The first-order valence-corrected chi connectivity index (χ1v) is 8.42. The second kappa shape index (κ2) is 8.44. The minimum absolute atomic E-state index is 0.593. The normalized spacial score (nSPS) is 15.8. The summed E-state index contributed by atoms with van der Waals surface area (Å²) in [4.78, 5) is 9.23. The number of pyridine rings is 1. The SMILES string of the molecule is N#Cc1ccc(NCCN2CCN(Cc3ccccc3)CC2)nc1. The van der Waals surface area contributed by atoms with Gasteiger partial charge in [0.1, 0.15) is 11.9 Å². The third kappa shape index (κ3) is 4.79. The van der Waals surface area contributed by atoms with Gasteiger partial charge >= 0.3 is 0 Å². The first-order valence-electron chi connectivity index (χ1n) is 8.42. The number of piperazine rings is 1. The molecule has 0 radical (unpaired) electrons. The fourth-order valence-electron chi connectivity index (χ4n) is 2.92. The largest absolute Gasteiger partial charge is 0.369 e. The fourth-order valence-corrected chi connectivity index (χ4v) is 2.92. The van der Waals surface area contributed by atoms with Gasteiger partial charge in [0.05, 0.1) is 5.56 Å². The maximum absolute atomic E-state index is 8.77. The highest BCUT2D eigenvalue weighted by molar-refractivity contribution is 5.38. The van der Waals surface area contributed by atoms with Gasteiger partial charge in [0.15, 0.2) is 0 Å². The first kappa shape index (κ1) is 16.4. The Labute approximate surface area is 143 Å². The van der Waals surface area contributed by atoms with E-state index in [-0.39, 0.29) is 0 Å². The third-order valence-electron chi connectivity index (χ3n) is 4.34. The molecule has 5 heteroatoms. The lowest BCUT2D eigenvalue weighted by molar-refractivity contribution is 0.130. The van der Waals surface area contributed by atoms with Gasteiger partial charge in [-0.3, -0.25) is 9.80 Å². The van der Waals surface area contributed by atoms with Crippen molar-refractivity contribution in [2.75, 3.05) is 44.6 Å². The summed E-state index contributed by atoms with van der Waals surface area (Å²) in [6.45, 7) is 7.37. The number of rotatable bonds is 6. The van der Waals surface area contributed by atoms with E-state index in [9.17, 15) is 0 Å². The van der Waals surface area contributed by atoms with Crippen LogP contribution in [0.15, 0.2) is 48.7 Å². The number of hydrogen-bond donors (Lipinski definition) is 1. The quantitative estimate of drug-likeness (QED) is 0.884. The van der Waals surface area contributed by atoms with Crippen LogP contribution in [0.4, 0.5) is 5.82 Å². The van der Waals surface area contributed by atoms with Crippen LogP contribution in [0.5, 0.6) is 0 Å². The number of hydrogen-bond acceptors (Lipinski definition) is 5. The molecule has 24 heavy (non-hydrogen) atoms. The Hall–Kier alpha value is -2.42. The zero-order chi connectivity index (χ0) is 16.6. The van der Waals surface area contributed by atoms with E-state index in [1.807, 2.05) is 6.07 Å². The molecule has 0 spiro atoms. The van der Waals surface area contributed by atoms with Crippen LogP contribution in [0.1, 0.15) is 11.1 Å². The summed E-state index contributed by atoms with van der Waals surface area (Å²) >= 11 is 0. The fraction of sp³-hybridized carbons (Fsp3) is 0.368. The number of nitrogens with zero attached hydrogens (tertiary/aromatic N) is 4. The van der Waals surface area contributed by atoms with E-state index in [1.165, 1.54) is 5.56 Å². The number of nitriles is 1. The molecule has 0 atom stereocenters. The van der Waals surface area contributed by atoms with Crippen LogP contribution in [0.25, 0.3) is 0 Å². The van der Waals surface area contributed by atoms with Crippen molar-refractivity contribution in [2.24, 2.45) is 0 Å². The predicted molar refractivity (Wildman–Crippen MR) is 95.6 cm³/mol. The number of nitrogens with one attached hydrogen (secondary N) is 1. The molecule has 1 aliphatic rings. The van der Waals surface area contributed by atoms with Crippen LogP contribution in [0.2, 0.25) is 0 Å². The van der Waals surface area contributed by atoms with Gasteiger partial charge in [-0.2, -0.15) is 5.26 Å². The molecule has 1 N–H and O–H groups in total. The Morgan fingerprint density at radius 3 is 2.42 bits per heavy atom. The van der Waals surface area contributed by atoms with Crippen molar-refractivity contribution in [2.45, 2.75) is 6.54 Å². The molecule has 3 rings (SSSR count). The highest BCUT2D eigenvalue weighted by atomic mass is 15.3. The summed E-state index contributed by atoms with van der Waals surface area (Å²) < 4.78 is 0. The molecule has 124 valence electrons. The standard InChI is InChI=1S/C19H23N5/c20-14-18-6-7-19(22-15-18)21-8-9-23-10-12-24(13-11-23)16-17-4-2-1-3-5-17/h1-7,15H,8-13,16H2,(H,21,22). The average Bonchev–Trinajstić information content (AvgIpc) is 2.65. The minimum Gasteiger partial charge on any atom is -0.369 e. The Balaban J connectivity index is 1.35. The predicted octanol–water partition coefficient (Wildman–Crippen LogP) is 2.18. The van der Waals surface area contributed by atoms with E-state index in [4.69, 9.17) is 5.26 Å². The van der Waals surface area contributed by atoms with Gasteiger partial charge in [-0.1, -0.05) is 30.3 Å². The Bertz CT molecular complexity index is 654. The summed E-state index contributed by atoms with van der Waals surface area (Å²) in [6, 6.07) is 16.4. The molecule has 0 aliphatic carbocycles. The van der Waals surface area contributed by atoms with Gasteiger partial charge in [0.2, 0.25) is 0 Å². The first-order chi connectivity index (χ1) is 11.8. The zero-order valence-electron chi connectivity index (χ0n) is 13.9. The molecule has 1 aliphatic heterocycles. The molecule has 0 bridgehead atoms. The van der Waals surface area contributed by atoms with E-state index in [1.54, 1.807) is 12.3 Å². The van der Waals surface area contributed by atoms with E-state index < -0.39 is 0 Å². The highest BCUT2D eigenvalue weighted by Gasteiger charge is 2.16. The molecule has 1 saturated heterocycles. The van der Waals surface area contributed by atoms with Crippen molar-refractivity contribution in [3.63, 3.8) is 0 Å². The summed E-state index contributed by atoms with van der Waals surface area (Å²) in [6.07, 6.45) is 1.60. The minimum atomic E-state index is 0.593. The highest BCUT2D eigenvalue weighted by Crippen LogP contribution is 2.08. The summed E-state index contributed by atoms with van der Waals surface area (Å²) in [5.74, 6) is 0.830. The summed E-state index contributed by atoms with van der Waals surface area (Å²) in [5.41, 5.74) is 1.98. The molecule has 1 aromatic heterocycles. The van der Waals surface area contributed by atoms with Crippen molar-refractivity contribution >= 4 is 5.82 Å². The maximum atomic E-state index is 8.77. The Morgan fingerprint density at radius 1 is 1.00 bits per heavy atom. The molecule has 0 saturated carbocycles. The lowest BCUT2D eigenvalue weighted by atomic mass is 10.2. The van der Waals surface area contributed by atoms with E-state index in [0.717, 1.165) is 51.6 Å². The number of aromatic nitrogens is 1. The van der Waals surface area contributed by atoms with Crippen LogP contribution >= 0.6 is 0 Å². The van der Waals surface area contributed by atoms with Gasteiger partial charge in [-0.15, -0.1) is 0 Å². The lowest BCUT2D eigenvalue weighted by Gasteiger charge is -2.34. The van der Waals surface area contributed by atoms with Gasteiger partial charge in [-0.25, -0.2) is 4.98 Å². The van der Waals surface area contributed by atoms with Crippen LogP contribution in [-0.4, -0.2) is 54.1 Å². The molecule has 0 amide bonds. The van der Waals surface area contributed by atoms with Crippen molar-refractivity contribution in [1.29, 1.82) is 5.26 Å². The third-order valence-corrected chi connectivity index (χ3v) is 4.34. The number of anilines is 1. The summed E-state index contributed by atoms with van der Waals surface area (Å²) in [7, 11) is 0. The van der Waals surface area contributed by atoms with E-state index in [2.05, 4.69) is 56.5 Å². The van der Waals surface area contributed by atoms with Gasteiger partial charge < -0.3 is 5.32 Å². The van der Waals surface area contributed by atoms with Crippen LogP contribution in [0, 0.1) is 11.3 Å². The van der Waals surface area contributed by atoms with Crippen molar-refractivity contribution in [3.05, 3.63) is 59.8 Å². The van der Waals surface area contributed by atoms with Crippen molar-refractivity contribution < 1.29 is 0 Å². The molecule has 1 aromatic carbocycles. The zero-order valence-corrected chi connectivity index (χ0v) is 13.9. The van der Waals surface area contributed by atoms with E-state index >= 15 is 0 Å². The Kier molecular flexibility index (Phi) is 5.78. The van der Waals surface area contributed by atoms with Crippen molar-refractivity contribution in [3.8, 4) is 6.07 Å². The molecular formula is C19H23N5. The van der Waals surface area contributed by atoms with Gasteiger partial charge in [0, 0.05) is 52.0 Å². The van der Waals surface area contributed by atoms with Crippen molar-refractivity contribution in [1.82, 2.24) is 14.8 Å². The second-order valence-corrected chi connectivity index (χ2v) is 6.07. The van der Waals surface area contributed by atoms with Gasteiger partial charge in [0.25, 0.3) is 0 Å². The number of benzene rings is 1. The second-order valence-electron chi connectivity index (χ2n) is 6.07. The Morgan fingerprint density at radius 2 is 1.75 bits per heavy atom. The molecule has 1 fully saturated rings. The molecule has 5 nitrogen and oxygen atoms in total. The monoisotopic (exact) mass is 321 g/mol. The van der Waals surface area contributed by atoms with Crippen LogP contribution < -0.4 is 5.32 Å². The molecule has 2 aromatic rings. The topological polar surface area (TPSA) is 55.2 Å². The van der Waals surface area contributed by atoms with Crippen LogP contribution in [0.3, 0.4) is 0 Å². The maximum Gasteiger partial charge on any atom is 0.126 e. The smallest absolute Gasteiger partial charge is 0.126 e. The average molecular weight is 321 g/mol. The molecule has 2 heterocycles. The lowest BCUT2D eigenvalue weighted by Crippen LogP contribution is -2.47. The summed E-state index contributed by atoms with van der Waals surface area (Å²) in [5, 5.41) is 12.1. The molecular weight excluding hydrogens is 298 g/mol.